The lowest BCUT2D eigenvalue weighted by Crippen LogP contribution is -2.29. The number of nitrogens with one attached hydrogen (secondary N) is 1. The van der Waals surface area contributed by atoms with E-state index in [9.17, 15) is 44.7 Å². The minimum atomic E-state index is -5.06. The highest BCUT2D eigenvalue weighted by molar-refractivity contribution is 5.82. The van der Waals surface area contributed by atoms with Gasteiger partial charge in [0, 0.05) is 18.8 Å². The van der Waals surface area contributed by atoms with Gasteiger partial charge < -0.3 is 4.74 Å². The molecule has 17 heteroatoms. The van der Waals surface area contributed by atoms with Crippen molar-refractivity contribution in [1.82, 2.24) is 29.7 Å². The minimum Gasteiger partial charge on any atom is -0.488 e. The van der Waals surface area contributed by atoms with Gasteiger partial charge in [-0.1, -0.05) is 0 Å². The number of aromatic nitrogens is 6. The van der Waals surface area contributed by atoms with Crippen LogP contribution in [0, 0.1) is 5.82 Å². The fraction of sp³-hybridized carbons (Fsp3) is 0.304. The maximum absolute atomic E-state index is 14.8. The molecule has 0 aliphatic rings. The van der Waals surface area contributed by atoms with Crippen LogP contribution >= 0.6 is 0 Å². The SMILES string of the molecule is C[C@@H](C[C@@H](F)Cn1cnc2cc(-c3ncc(C(F)(F)F)cn3)c(F)cc2c1=O)Oc1cn[nH]c(=O)c1C(F)(F)F. The summed E-state index contributed by atoms with van der Waals surface area (Å²) in [4.78, 5) is 35.4. The third kappa shape index (κ3) is 6.07. The Labute approximate surface area is 217 Å². The molecule has 9 nitrogen and oxygen atoms in total. The Hall–Kier alpha value is -4.44. The van der Waals surface area contributed by atoms with E-state index in [1.165, 1.54) is 6.92 Å². The Balaban J connectivity index is 1.51. The van der Waals surface area contributed by atoms with Gasteiger partial charge in [0.15, 0.2) is 17.1 Å². The average molecular weight is 576 g/mol. The summed E-state index contributed by atoms with van der Waals surface area (Å²) in [5, 5.41) is 4.61. The summed E-state index contributed by atoms with van der Waals surface area (Å²) in [6, 6.07) is 1.81. The molecule has 0 aliphatic carbocycles. The number of alkyl halides is 7. The molecule has 3 heterocycles. The molecule has 0 saturated carbocycles. The molecule has 0 bridgehead atoms. The van der Waals surface area contributed by atoms with E-state index >= 15 is 0 Å². The molecule has 0 fully saturated rings. The molecular weight excluding hydrogens is 560 g/mol. The zero-order chi connectivity index (χ0) is 29.4. The van der Waals surface area contributed by atoms with Crippen LogP contribution in [0.1, 0.15) is 24.5 Å². The number of aromatic amines is 1. The first kappa shape index (κ1) is 28.6. The van der Waals surface area contributed by atoms with Crippen molar-refractivity contribution in [2.45, 2.75) is 44.5 Å². The lowest BCUT2D eigenvalue weighted by molar-refractivity contribution is -0.140. The van der Waals surface area contributed by atoms with E-state index in [4.69, 9.17) is 4.74 Å². The van der Waals surface area contributed by atoms with Gasteiger partial charge in [-0.05, 0) is 19.1 Å². The van der Waals surface area contributed by atoms with Gasteiger partial charge in [-0.15, -0.1) is 0 Å². The van der Waals surface area contributed by atoms with Gasteiger partial charge in [-0.2, -0.15) is 31.4 Å². The molecule has 40 heavy (non-hydrogen) atoms. The molecule has 0 radical (unpaired) electrons. The zero-order valence-electron chi connectivity index (χ0n) is 20.0. The number of fused-ring (bicyclic) bond motifs is 1. The van der Waals surface area contributed by atoms with Crippen LogP contribution in [0.25, 0.3) is 22.3 Å². The maximum Gasteiger partial charge on any atom is 0.425 e. The number of halogens is 8. The number of nitrogens with zero attached hydrogens (tertiary/aromatic N) is 5. The summed E-state index contributed by atoms with van der Waals surface area (Å²) in [7, 11) is 0. The quantitative estimate of drug-likeness (QED) is 0.326. The van der Waals surface area contributed by atoms with E-state index in [0.29, 0.717) is 18.6 Å². The molecule has 0 saturated heterocycles. The number of rotatable bonds is 7. The molecule has 0 aliphatic heterocycles. The first-order valence-corrected chi connectivity index (χ1v) is 11.2. The summed E-state index contributed by atoms with van der Waals surface area (Å²) < 4.78 is 113. The van der Waals surface area contributed by atoms with E-state index in [1.807, 2.05) is 0 Å². The third-order valence-corrected chi connectivity index (χ3v) is 5.55. The topological polar surface area (TPSA) is 116 Å². The monoisotopic (exact) mass is 576 g/mol. The smallest absolute Gasteiger partial charge is 0.425 e. The van der Waals surface area contributed by atoms with Gasteiger partial charge in [0.1, 0.15) is 12.0 Å². The molecule has 1 aromatic carbocycles. The van der Waals surface area contributed by atoms with E-state index in [1.54, 1.807) is 5.10 Å². The Morgan fingerprint density at radius 1 is 1.00 bits per heavy atom. The molecule has 0 amide bonds. The van der Waals surface area contributed by atoms with Crippen LogP contribution in [0.3, 0.4) is 0 Å². The summed E-state index contributed by atoms with van der Waals surface area (Å²) in [5.74, 6) is -2.33. The predicted octanol–water partition coefficient (Wildman–Crippen LogP) is 4.31. The number of ether oxygens (including phenoxy) is 1. The number of benzene rings is 1. The lowest BCUT2D eigenvalue weighted by Gasteiger charge is -2.19. The molecule has 212 valence electrons. The van der Waals surface area contributed by atoms with Crippen molar-refractivity contribution in [2.24, 2.45) is 0 Å². The molecule has 2 atom stereocenters. The number of H-pyrrole nitrogens is 1. The number of hydrogen-bond acceptors (Lipinski definition) is 7. The summed E-state index contributed by atoms with van der Waals surface area (Å²) in [5.41, 5.74) is -5.58. The van der Waals surface area contributed by atoms with Crippen LogP contribution in [0.2, 0.25) is 0 Å². The van der Waals surface area contributed by atoms with Crippen molar-refractivity contribution in [3.05, 3.63) is 74.7 Å². The van der Waals surface area contributed by atoms with Gasteiger partial charge in [-0.3, -0.25) is 14.2 Å². The molecule has 4 rings (SSSR count). The first-order chi connectivity index (χ1) is 18.6. The highest BCUT2D eigenvalue weighted by Crippen LogP contribution is 2.33. The minimum absolute atomic E-state index is 0.0743. The Kier molecular flexibility index (Phi) is 7.58. The van der Waals surface area contributed by atoms with Crippen LogP contribution in [0.15, 0.2) is 46.6 Å². The molecule has 0 unspecified atom stereocenters. The van der Waals surface area contributed by atoms with Crippen molar-refractivity contribution >= 4 is 10.9 Å². The summed E-state index contributed by atoms with van der Waals surface area (Å²) in [6.45, 7) is 0.621. The normalized spacial score (nSPS) is 13.8. The number of hydrogen-bond donors (Lipinski definition) is 1. The van der Waals surface area contributed by atoms with Crippen LogP contribution in [0.5, 0.6) is 5.75 Å². The third-order valence-electron chi connectivity index (χ3n) is 5.55. The van der Waals surface area contributed by atoms with Crippen molar-refractivity contribution in [3.8, 4) is 17.1 Å². The fourth-order valence-corrected chi connectivity index (χ4v) is 3.75. The van der Waals surface area contributed by atoms with Crippen molar-refractivity contribution < 1.29 is 39.9 Å². The highest BCUT2D eigenvalue weighted by Gasteiger charge is 2.38. The Morgan fingerprint density at radius 3 is 2.30 bits per heavy atom. The fourth-order valence-electron chi connectivity index (χ4n) is 3.75. The lowest BCUT2D eigenvalue weighted by atomic mass is 10.1. The van der Waals surface area contributed by atoms with Crippen LogP contribution in [-0.2, 0) is 18.9 Å². The Morgan fingerprint density at radius 2 is 1.68 bits per heavy atom. The van der Waals surface area contributed by atoms with Crippen LogP contribution < -0.4 is 15.9 Å². The molecule has 4 aromatic rings. The second kappa shape index (κ2) is 10.6. The van der Waals surface area contributed by atoms with E-state index < -0.39 is 71.4 Å². The highest BCUT2D eigenvalue weighted by atomic mass is 19.4. The van der Waals surface area contributed by atoms with Crippen LogP contribution in [0.4, 0.5) is 35.1 Å². The van der Waals surface area contributed by atoms with Crippen LogP contribution in [-0.4, -0.2) is 42.0 Å². The van der Waals surface area contributed by atoms with Crippen molar-refractivity contribution in [2.75, 3.05) is 0 Å². The van der Waals surface area contributed by atoms with Crippen molar-refractivity contribution in [3.63, 3.8) is 0 Å². The molecule has 0 spiro atoms. The second-order valence-electron chi connectivity index (χ2n) is 8.54. The van der Waals surface area contributed by atoms with Gasteiger partial charge in [0.25, 0.3) is 11.1 Å². The van der Waals surface area contributed by atoms with Crippen molar-refractivity contribution in [1.29, 1.82) is 0 Å². The Bertz CT molecular complexity index is 1650. The summed E-state index contributed by atoms with van der Waals surface area (Å²) in [6.07, 6.45) is -10.8. The van der Waals surface area contributed by atoms with Gasteiger partial charge in [-0.25, -0.2) is 28.8 Å². The van der Waals surface area contributed by atoms with E-state index in [2.05, 4.69) is 20.1 Å². The first-order valence-electron chi connectivity index (χ1n) is 11.2. The van der Waals surface area contributed by atoms with E-state index in [0.717, 1.165) is 23.0 Å². The summed E-state index contributed by atoms with van der Waals surface area (Å²) >= 11 is 0. The average Bonchev–Trinajstić information content (AvgIpc) is 2.84. The molecule has 1 N–H and O–H groups in total. The molecule has 3 aromatic heterocycles. The van der Waals surface area contributed by atoms with Gasteiger partial charge >= 0.3 is 12.4 Å². The largest absolute Gasteiger partial charge is 0.488 e. The van der Waals surface area contributed by atoms with E-state index in [-0.39, 0.29) is 22.3 Å². The zero-order valence-corrected chi connectivity index (χ0v) is 20.0. The second-order valence-corrected chi connectivity index (χ2v) is 8.54. The maximum atomic E-state index is 14.8. The molecular formula is C23H16F8N6O3. The predicted molar refractivity (Wildman–Crippen MR) is 121 cm³/mol. The van der Waals surface area contributed by atoms with Gasteiger partial charge in [0.05, 0.1) is 47.2 Å². The van der Waals surface area contributed by atoms with Gasteiger partial charge in [0.2, 0.25) is 0 Å². The standard InChI is InChI=1S/C23H16F8N6O3/c1-10(40-17-7-35-36-20(38)18(17)23(29,30)31)2-12(24)8-37-9-34-16-4-13(15(25)3-14(16)21(37)39)19-32-5-11(6-33-19)22(26,27)28/h3-7,9-10,12H,2,8H2,1H3,(H,36,38)/t10-,12+/m0/s1.